The van der Waals surface area contributed by atoms with Gasteiger partial charge in [0.15, 0.2) is 0 Å². The first-order valence-corrected chi connectivity index (χ1v) is 28.7. The Morgan fingerprint density at radius 1 is 0.561 bits per heavy atom. The molecule has 16 heteroatoms. The van der Waals surface area contributed by atoms with Crippen LogP contribution >= 0.6 is 0 Å². The number of hydrogen-bond acceptors (Lipinski definition) is 12. The van der Waals surface area contributed by atoms with E-state index in [1.807, 2.05) is 88.4 Å². The van der Waals surface area contributed by atoms with Crippen molar-refractivity contribution < 1.29 is 63.1 Å². The summed E-state index contributed by atoms with van der Waals surface area (Å²) in [6, 6.07) is 33.0. The average Bonchev–Trinajstić information content (AvgIpc) is 3.56. The molecule has 0 amide bonds. The van der Waals surface area contributed by atoms with Gasteiger partial charge in [0.05, 0.1) is 57.1 Å². The number of aliphatic hydroxyl groups excluding tert-OH is 7. The number of nitrogens with one attached hydrogen (secondary N) is 1. The summed E-state index contributed by atoms with van der Waals surface area (Å²) >= 11 is 0. The summed E-state index contributed by atoms with van der Waals surface area (Å²) in [5, 5.41) is 74.2. The number of rotatable bonds is 31. The van der Waals surface area contributed by atoms with Gasteiger partial charge in [-0.15, -0.1) is 0 Å². The molecule has 0 spiro atoms. The number of amidine groups is 1. The summed E-state index contributed by atoms with van der Waals surface area (Å²) in [4.78, 5) is 4.08. The first-order valence-electron chi connectivity index (χ1n) is 28.7. The van der Waals surface area contributed by atoms with Crippen molar-refractivity contribution in [3.05, 3.63) is 159 Å². The number of nitrogens with two attached hydrogens (primary N) is 1. The highest BCUT2D eigenvalue weighted by Crippen LogP contribution is 2.29. The average molecular weight is 1150 g/mol. The molecule has 0 saturated heterocycles. The number of benzene rings is 5. The molecule has 0 aliphatic rings. The second-order valence-corrected chi connectivity index (χ2v) is 20.6. The topological polar surface area (TPSA) is 232 Å². The van der Waals surface area contributed by atoms with Crippen molar-refractivity contribution in [2.75, 3.05) is 39.8 Å². The fourth-order valence-corrected chi connectivity index (χ4v) is 8.05. The van der Waals surface area contributed by atoms with Crippen LogP contribution < -0.4 is 19.9 Å². The third-order valence-corrected chi connectivity index (χ3v) is 13.2. The van der Waals surface area contributed by atoms with Gasteiger partial charge in [-0.05, 0) is 157 Å². The number of alkyl halides is 3. The third-order valence-electron chi connectivity index (χ3n) is 13.2. The number of hydrogen-bond donors (Lipinski definition) is 9. The van der Waals surface area contributed by atoms with Crippen LogP contribution in [-0.4, -0.2) is 87.1 Å². The second kappa shape index (κ2) is 44.7. The summed E-state index contributed by atoms with van der Waals surface area (Å²) < 4.78 is 51.2. The van der Waals surface area contributed by atoms with Gasteiger partial charge in [-0.1, -0.05) is 134 Å². The summed E-state index contributed by atoms with van der Waals surface area (Å²) in [6.07, 6.45) is 7.33. The number of aliphatic imine (C=N–C) groups is 1. The van der Waals surface area contributed by atoms with E-state index in [4.69, 9.17) is 35.6 Å². The minimum absolute atomic E-state index is 0.0568. The van der Waals surface area contributed by atoms with Crippen molar-refractivity contribution in [1.29, 1.82) is 5.41 Å². The molecule has 0 bridgehead atoms. The van der Waals surface area contributed by atoms with Crippen LogP contribution in [0.2, 0.25) is 0 Å². The summed E-state index contributed by atoms with van der Waals surface area (Å²) in [5.41, 5.74) is 13.6. The van der Waals surface area contributed by atoms with Crippen molar-refractivity contribution in [3.8, 4) is 17.2 Å². The molecule has 0 radical (unpaired) electrons. The van der Waals surface area contributed by atoms with Gasteiger partial charge in [-0.3, -0.25) is 4.99 Å². The first-order chi connectivity index (χ1) is 39.3. The molecular weight excluding hydrogens is 1050 g/mol. The maximum atomic E-state index is 11.9. The van der Waals surface area contributed by atoms with E-state index in [0.29, 0.717) is 46.6 Å². The quantitative estimate of drug-likeness (QED) is 0.0150. The van der Waals surface area contributed by atoms with Gasteiger partial charge in [0, 0.05) is 5.71 Å². The Morgan fingerprint density at radius 3 is 1.51 bits per heavy atom. The second-order valence-electron chi connectivity index (χ2n) is 20.6. The molecular formula is C66H98F3N3O10. The SMILES string of the molecule is CC(=N)CCCc1cccc(OCC[18F])c1.CC(C)C(O)c1cccc(OCC[18F])c1.CC(N)=NCc1cccc(OCC[18F])c1.CCC(C)CCC(O)c1ccc(CO)c(CO)c1.CCCCC(C)C(O)c1ccc(CO)c(CO)c1. The van der Waals surface area contributed by atoms with Crippen molar-refractivity contribution in [2.45, 2.75) is 164 Å². The van der Waals surface area contributed by atoms with Gasteiger partial charge < -0.3 is 61.1 Å². The Kier molecular flexibility index (Phi) is 40.4. The lowest BCUT2D eigenvalue weighted by molar-refractivity contribution is 0.111. The fraction of sp³-hybridized carbons (Fsp3) is 0.515. The van der Waals surface area contributed by atoms with E-state index in [1.54, 1.807) is 55.5 Å². The Hall–Kier alpha value is -5.85. The van der Waals surface area contributed by atoms with Gasteiger partial charge in [0.2, 0.25) is 0 Å². The Labute approximate surface area is 487 Å². The number of halogens is 3. The third kappa shape index (κ3) is 31.5. The van der Waals surface area contributed by atoms with Crippen molar-refractivity contribution in [1.82, 2.24) is 0 Å². The van der Waals surface area contributed by atoms with E-state index in [1.165, 1.54) is 5.56 Å². The molecule has 0 aromatic heterocycles. The summed E-state index contributed by atoms with van der Waals surface area (Å²) in [5.74, 6) is 3.51. The van der Waals surface area contributed by atoms with Gasteiger partial charge in [-0.25, -0.2) is 13.2 Å². The minimum atomic E-state index is -0.505. The van der Waals surface area contributed by atoms with E-state index < -0.39 is 38.3 Å². The predicted molar refractivity (Wildman–Crippen MR) is 325 cm³/mol. The lowest BCUT2D eigenvalue weighted by Crippen LogP contribution is -2.10. The molecule has 5 atom stereocenters. The van der Waals surface area contributed by atoms with E-state index in [2.05, 4.69) is 25.8 Å². The van der Waals surface area contributed by atoms with Crippen LogP contribution in [0.25, 0.3) is 0 Å². The predicted octanol–water partition coefficient (Wildman–Crippen LogP) is 13.1. The number of aliphatic hydroxyl groups is 7. The largest absolute Gasteiger partial charge is 0.491 e. The molecule has 458 valence electrons. The van der Waals surface area contributed by atoms with Crippen molar-refractivity contribution in [3.63, 3.8) is 0 Å². The summed E-state index contributed by atoms with van der Waals surface area (Å²) in [7, 11) is 0. The van der Waals surface area contributed by atoms with Crippen molar-refractivity contribution >= 4 is 11.5 Å². The van der Waals surface area contributed by atoms with Crippen LogP contribution in [0.3, 0.4) is 0 Å². The highest BCUT2D eigenvalue weighted by molar-refractivity contribution is 5.78. The van der Waals surface area contributed by atoms with Gasteiger partial charge in [-0.2, -0.15) is 0 Å². The van der Waals surface area contributed by atoms with E-state index in [9.17, 15) is 38.7 Å². The fourth-order valence-electron chi connectivity index (χ4n) is 8.05. The molecule has 5 aromatic carbocycles. The van der Waals surface area contributed by atoms with Crippen LogP contribution in [0.1, 0.15) is 175 Å². The molecule has 82 heavy (non-hydrogen) atoms. The van der Waals surface area contributed by atoms with Gasteiger partial charge in [0.1, 0.15) is 57.1 Å². The van der Waals surface area contributed by atoms with Crippen LogP contribution in [0, 0.1) is 23.2 Å². The lowest BCUT2D eigenvalue weighted by atomic mass is 9.91. The zero-order valence-corrected chi connectivity index (χ0v) is 50.0. The van der Waals surface area contributed by atoms with Crippen LogP contribution in [0.4, 0.5) is 13.2 Å². The minimum Gasteiger partial charge on any atom is -0.491 e. The number of nitrogens with zero attached hydrogens (tertiary/aromatic N) is 1. The molecule has 0 saturated carbocycles. The molecule has 0 aliphatic heterocycles. The van der Waals surface area contributed by atoms with Crippen LogP contribution in [-0.2, 0) is 39.4 Å². The van der Waals surface area contributed by atoms with Gasteiger partial charge >= 0.3 is 0 Å². The monoisotopic (exact) mass is 1150 g/mol. The number of ether oxygens (including phenoxy) is 3. The lowest BCUT2D eigenvalue weighted by Gasteiger charge is -2.20. The van der Waals surface area contributed by atoms with Crippen LogP contribution in [0.5, 0.6) is 17.2 Å². The molecule has 0 heterocycles. The van der Waals surface area contributed by atoms with Crippen LogP contribution in [0.15, 0.2) is 114 Å². The first kappa shape index (κ1) is 74.2. The number of aryl methyl sites for hydroxylation is 1. The molecule has 10 N–H and O–H groups in total. The molecule has 5 aromatic rings. The maximum absolute atomic E-state index is 11.9. The maximum Gasteiger partial charge on any atom is 0.123 e. The molecule has 5 rings (SSSR count). The zero-order chi connectivity index (χ0) is 61.2. The molecule has 5 unspecified atom stereocenters. The van der Waals surface area contributed by atoms with Gasteiger partial charge in [0.25, 0.3) is 0 Å². The normalized spacial score (nSPS) is 12.8. The van der Waals surface area contributed by atoms with E-state index in [-0.39, 0.29) is 58.1 Å². The Balaban J connectivity index is 0.000000514. The standard InChI is InChI=1S/2C15H24O3.C13H18FNO.C12H17FO2.C11H15FN2O/c1-3-11(2)4-7-15(18)12-5-6-13(9-16)14(8-12)10-17;1-3-4-5-11(2)15(18)12-6-7-13(9-16)14(8-12)10-17;1-11(15)4-2-5-12-6-3-7-13(10-12)16-9-8-14;1-9(2)12(14)10-4-3-5-11(8-10)15-7-6-13;1-9(13)14-8-10-3-2-4-11(7-10)15-6-5-12/h5-6,8,11,15-18H,3-4,7,9-10H2,1-2H3;6-8,11,15-18H,3-5,9-10H2,1-2H3;3,6-7,10,15H,2,4-5,8-9H2,1H3;3-5,8-9,12,14H,6-7H2,1-2H3;2-4,7H,5-6,8H2,1H3,(H2,13,14)/i;;14-1;13-1;12-1. The summed E-state index contributed by atoms with van der Waals surface area (Å²) in [6.45, 7) is 14.9. The van der Waals surface area contributed by atoms with Crippen molar-refractivity contribution in [2.24, 2.45) is 28.5 Å². The number of unbranched alkanes of at least 4 members (excludes halogenated alkanes) is 1. The highest BCUT2D eigenvalue weighted by atomic mass is 18.2. The zero-order valence-electron chi connectivity index (χ0n) is 50.0. The molecule has 13 nitrogen and oxygen atoms in total. The smallest absolute Gasteiger partial charge is 0.123 e. The molecule has 0 aliphatic carbocycles. The highest BCUT2D eigenvalue weighted by Gasteiger charge is 2.18. The Bertz CT molecular complexity index is 2490. The van der Waals surface area contributed by atoms with E-state index >= 15 is 0 Å². The molecule has 0 fully saturated rings. The Morgan fingerprint density at radius 2 is 1.04 bits per heavy atom. The van der Waals surface area contributed by atoms with E-state index in [0.717, 1.165) is 96.9 Å².